The van der Waals surface area contributed by atoms with E-state index < -0.39 is 33.7 Å². The van der Waals surface area contributed by atoms with Gasteiger partial charge in [0.2, 0.25) is 0 Å². The van der Waals surface area contributed by atoms with Crippen molar-refractivity contribution >= 4 is 33.1 Å². The molecule has 3 aromatic carbocycles. The fourth-order valence-corrected chi connectivity index (χ4v) is 7.73. The van der Waals surface area contributed by atoms with Crippen LogP contribution >= 0.6 is 0 Å². The van der Waals surface area contributed by atoms with Crippen molar-refractivity contribution in [1.82, 2.24) is 14.3 Å². The van der Waals surface area contributed by atoms with Crippen LogP contribution in [0, 0.1) is 13.8 Å². The second-order valence-electron chi connectivity index (χ2n) is 12.8. The highest BCUT2D eigenvalue weighted by Crippen LogP contribution is 2.44. The lowest BCUT2D eigenvalue weighted by Crippen LogP contribution is -2.46. The van der Waals surface area contributed by atoms with Crippen LogP contribution in [0.3, 0.4) is 0 Å². The van der Waals surface area contributed by atoms with Crippen LogP contribution in [-0.4, -0.2) is 47.7 Å². The molecule has 0 unspecified atom stereocenters. The molecule has 1 atom stereocenters. The summed E-state index contributed by atoms with van der Waals surface area (Å²) in [5.41, 5.74) is 5.57. The maximum Gasteiger partial charge on any atom is 0.407 e. The first-order valence-corrected chi connectivity index (χ1v) is 16.9. The molecule has 0 radical (unpaired) electrons. The number of alkyl carbamates (subject to hydrolysis) is 1. The molecule has 1 N–H and O–H groups in total. The minimum atomic E-state index is -4.04. The summed E-state index contributed by atoms with van der Waals surface area (Å²) in [7, 11) is -4.04. The number of ether oxygens (including phenoxy) is 2. The lowest BCUT2D eigenvalue weighted by molar-refractivity contribution is -0.157. The number of hydrogen-bond acceptors (Lipinski definition) is 7. The van der Waals surface area contributed by atoms with E-state index in [1.165, 1.54) is 10.2 Å². The number of rotatable bonds is 8. The minimum absolute atomic E-state index is 0.0520. The molecule has 242 valence electrons. The van der Waals surface area contributed by atoms with Crippen molar-refractivity contribution < 1.29 is 27.5 Å². The molecule has 10 heteroatoms. The van der Waals surface area contributed by atoms with Crippen LogP contribution in [0.25, 0.3) is 22.2 Å². The van der Waals surface area contributed by atoms with Crippen molar-refractivity contribution in [3.05, 3.63) is 119 Å². The Labute approximate surface area is 274 Å². The minimum Gasteiger partial charge on any atom is -0.458 e. The van der Waals surface area contributed by atoms with Gasteiger partial charge in [0.15, 0.2) is 5.65 Å². The molecule has 9 nitrogen and oxygen atoms in total. The summed E-state index contributed by atoms with van der Waals surface area (Å²) in [5.74, 6) is -0.831. The van der Waals surface area contributed by atoms with Gasteiger partial charge < -0.3 is 14.8 Å². The van der Waals surface area contributed by atoms with Crippen LogP contribution in [0.4, 0.5) is 4.79 Å². The average Bonchev–Trinajstić information content (AvgIpc) is 3.50. The molecular formula is C37H37N3O6S. The first-order valence-electron chi connectivity index (χ1n) is 15.5. The van der Waals surface area contributed by atoms with E-state index in [0.29, 0.717) is 16.6 Å². The van der Waals surface area contributed by atoms with Crippen molar-refractivity contribution in [3.8, 4) is 11.1 Å². The highest BCUT2D eigenvalue weighted by Gasteiger charge is 2.33. The topological polar surface area (TPSA) is 117 Å². The average molecular weight is 652 g/mol. The van der Waals surface area contributed by atoms with Gasteiger partial charge in [-0.15, -0.1) is 0 Å². The van der Waals surface area contributed by atoms with Crippen LogP contribution in [-0.2, 0) is 30.7 Å². The number of pyridine rings is 1. The molecule has 1 aliphatic carbocycles. The summed E-state index contributed by atoms with van der Waals surface area (Å²) in [6.45, 7) is 8.84. The van der Waals surface area contributed by atoms with Gasteiger partial charge in [0, 0.05) is 29.6 Å². The Hall–Kier alpha value is -4.96. The van der Waals surface area contributed by atoms with E-state index in [0.717, 1.165) is 27.8 Å². The lowest BCUT2D eigenvalue weighted by atomic mass is 9.98. The van der Waals surface area contributed by atoms with Gasteiger partial charge in [-0.1, -0.05) is 66.2 Å². The van der Waals surface area contributed by atoms with E-state index in [4.69, 9.17) is 9.47 Å². The first kappa shape index (κ1) is 32.0. The van der Waals surface area contributed by atoms with Crippen molar-refractivity contribution in [2.45, 2.75) is 63.5 Å². The molecule has 2 heterocycles. The Bertz CT molecular complexity index is 2050. The number of nitrogens with one attached hydrogen (secondary N) is 1. The molecule has 5 aromatic rings. The molecular weight excluding hydrogens is 614 g/mol. The molecule has 0 bridgehead atoms. The van der Waals surface area contributed by atoms with Gasteiger partial charge in [0.1, 0.15) is 18.2 Å². The zero-order valence-corrected chi connectivity index (χ0v) is 27.8. The monoisotopic (exact) mass is 651 g/mol. The number of amides is 1. The van der Waals surface area contributed by atoms with Crippen LogP contribution in [0.5, 0.6) is 0 Å². The lowest BCUT2D eigenvalue weighted by Gasteiger charge is -2.25. The maximum absolute atomic E-state index is 13.9. The molecule has 1 amide bonds. The number of aromatic nitrogens is 2. The van der Waals surface area contributed by atoms with Gasteiger partial charge >= 0.3 is 12.1 Å². The van der Waals surface area contributed by atoms with Crippen molar-refractivity contribution in [2.75, 3.05) is 6.61 Å². The van der Waals surface area contributed by atoms with E-state index in [1.807, 2.05) is 43.3 Å². The molecule has 0 saturated heterocycles. The van der Waals surface area contributed by atoms with Gasteiger partial charge in [-0.05, 0) is 86.7 Å². The van der Waals surface area contributed by atoms with Gasteiger partial charge in [-0.3, -0.25) is 0 Å². The summed E-state index contributed by atoms with van der Waals surface area (Å²) in [5, 5.41) is 3.27. The zero-order chi connectivity index (χ0) is 33.5. The fraction of sp³-hybridized carbons (Fsp3) is 0.270. The van der Waals surface area contributed by atoms with Crippen LogP contribution in [0.2, 0.25) is 0 Å². The molecule has 0 spiro atoms. The van der Waals surface area contributed by atoms with Crippen LogP contribution in [0.15, 0.2) is 96.0 Å². The molecule has 47 heavy (non-hydrogen) atoms. The van der Waals surface area contributed by atoms with E-state index >= 15 is 0 Å². The predicted molar refractivity (Wildman–Crippen MR) is 180 cm³/mol. The summed E-state index contributed by atoms with van der Waals surface area (Å²) in [6.07, 6.45) is 0.686. The number of hydrogen-bond donors (Lipinski definition) is 1. The number of aryl methyl sites for hydroxylation is 1. The number of esters is 1. The Morgan fingerprint density at radius 1 is 0.894 bits per heavy atom. The quantitative estimate of drug-likeness (QED) is 0.186. The number of nitrogens with zero attached hydrogens (tertiary/aromatic N) is 2. The van der Waals surface area contributed by atoms with E-state index in [9.17, 15) is 18.0 Å². The third-order valence-corrected chi connectivity index (χ3v) is 10.1. The largest absolute Gasteiger partial charge is 0.458 e. The smallest absolute Gasteiger partial charge is 0.407 e. The Kier molecular flexibility index (Phi) is 8.40. The van der Waals surface area contributed by atoms with E-state index in [-0.39, 0.29) is 29.5 Å². The zero-order valence-electron chi connectivity index (χ0n) is 27.0. The molecule has 2 aromatic heterocycles. The van der Waals surface area contributed by atoms with E-state index in [1.54, 1.807) is 64.1 Å². The summed E-state index contributed by atoms with van der Waals surface area (Å²) < 4.78 is 40.5. The Balaban J connectivity index is 1.30. The number of fused-ring (bicyclic) bond motifs is 4. The Morgan fingerprint density at radius 3 is 2.13 bits per heavy atom. The van der Waals surface area contributed by atoms with Gasteiger partial charge in [0.05, 0.1) is 4.90 Å². The first-order chi connectivity index (χ1) is 22.3. The molecule has 0 fully saturated rings. The SMILES string of the molecule is Cc1ccc(S(=O)(=O)n2c(C)c(C[C@H](NC(=O)OCC3c4ccccc4-c4ccccc43)C(=O)OC(C)(C)C)c3cccnc32)cc1. The molecule has 0 aliphatic heterocycles. The summed E-state index contributed by atoms with van der Waals surface area (Å²) in [6, 6.07) is 24.9. The van der Waals surface area contributed by atoms with Crippen LogP contribution < -0.4 is 5.32 Å². The van der Waals surface area contributed by atoms with Gasteiger partial charge in [0.25, 0.3) is 10.0 Å². The maximum atomic E-state index is 13.9. The van der Waals surface area contributed by atoms with Gasteiger partial charge in [-0.25, -0.2) is 27.0 Å². The summed E-state index contributed by atoms with van der Waals surface area (Å²) >= 11 is 0. The fourth-order valence-electron chi connectivity index (χ4n) is 6.19. The second-order valence-corrected chi connectivity index (χ2v) is 14.6. The van der Waals surface area contributed by atoms with E-state index in [2.05, 4.69) is 22.4 Å². The predicted octanol–water partition coefficient (Wildman–Crippen LogP) is 6.68. The van der Waals surface area contributed by atoms with Crippen molar-refractivity contribution in [3.63, 3.8) is 0 Å². The third-order valence-electron chi connectivity index (χ3n) is 8.34. The standard InChI is InChI=1S/C37H37N3O6S/c1-23-16-18-25(19-17-23)47(43,44)40-24(2)31(30-15-10-20-38-34(30)40)21-33(35(41)46-37(3,4)5)39-36(42)45-22-32-28-13-8-6-11-26(28)27-12-7-9-14-29(27)32/h6-20,32-33H,21-22H2,1-5H3,(H,39,42)/t33-/m0/s1. The Morgan fingerprint density at radius 2 is 1.51 bits per heavy atom. The number of carbonyl (C=O) groups excluding carboxylic acids is 2. The summed E-state index contributed by atoms with van der Waals surface area (Å²) in [4.78, 5) is 31.4. The highest BCUT2D eigenvalue weighted by molar-refractivity contribution is 7.90. The third kappa shape index (κ3) is 6.25. The van der Waals surface area contributed by atoms with Crippen molar-refractivity contribution in [1.29, 1.82) is 0 Å². The number of carbonyl (C=O) groups is 2. The highest BCUT2D eigenvalue weighted by atomic mass is 32.2. The number of benzene rings is 3. The van der Waals surface area contributed by atoms with Crippen LogP contribution in [0.1, 0.15) is 54.6 Å². The molecule has 0 saturated carbocycles. The molecule has 6 rings (SSSR count). The second kappa shape index (κ2) is 12.3. The normalized spacial score (nSPS) is 13.6. The van der Waals surface area contributed by atoms with Gasteiger partial charge in [-0.2, -0.15) is 0 Å². The van der Waals surface area contributed by atoms with Crippen molar-refractivity contribution in [2.24, 2.45) is 0 Å². The molecule has 1 aliphatic rings.